The highest BCUT2D eigenvalue weighted by atomic mass is 19.4. The number of alkyl halides is 3. The van der Waals surface area contributed by atoms with Crippen LogP contribution in [0.5, 0.6) is 0 Å². The molecule has 0 aromatic carbocycles. The molecule has 0 aromatic rings. The summed E-state index contributed by atoms with van der Waals surface area (Å²) >= 11 is 0. The highest BCUT2D eigenvalue weighted by molar-refractivity contribution is 5.78. The van der Waals surface area contributed by atoms with Gasteiger partial charge >= 0.3 is 6.18 Å². The number of hydrogen-bond donors (Lipinski definition) is 1. The molecule has 1 fully saturated rings. The second-order valence-corrected chi connectivity index (χ2v) is 2.20. The van der Waals surface area contributed by atoms with Gasteiger partial charge in [-0.05, 0) is 6.42 Å². The Kier molecular flexibility index (Phi) is 1.58. The van der Waals surface area contributed by atoms with Crippen LogP contribution >= 0.6 is 0 Å². The van der Waals surface area contributed by atoms with Crippen LogP contribution in [0.1, 0.15) is 12.8 Å². The molecule has 0 radical (unpaired) electrons. The Labute approximate surface area is 55.4 Å². The molecular formula is C5H6F3NO. The van der Waals surface area contributed by atoms with Crippen molar-refractivity contribution in [1.82, 2.24) is 5.32 Å². The third kappa shape index (κ3) is 1.40. The van der Waals surface area contributed by atoms with Gasteiger partial charge in [0.15, 0.2) is 0 Å². The van der Waals surface area contributed by atoms with E-state index in [1.807, 2.05) is 5.32 Å². The summed E-state index contributed by atoms with van der Waals surface area (Å²) in [5.41, 5.74) is 0. The van der Waals surface area contributed by atoms with Crippen LogP contribution in [0.4, 0.5) is 13.2 Å². The molecule has 1 rings (SSSR count). The third-order valence-electron chi connectivity index (χ3n) is 1.39. The number of halogens is 3. The van der Waals surface area contributed by atoms with Gasteiger partial charge in [0.05, 0.1) is 0 Å². The first-order valence-corrected chi connectivity index (χ1v) is 2.86. The minimum atomic E-state index is -4.27. The fourth-order valence-corrected chi connectivity index (χ4v) is 0.860. The van der Waals surface area contributed by atoms with Crippen molar-refractivity contribution in [3.63, 3.8) is 0 Å². The lowest BCUT2D eigenvalue weighted by Gasteiger charge is -2.12. The minimum Gasteiger partial charge on any atom is -0.344 e. The van der Waals surface area contributed by atoms with E-state index < -0.39 is 18.1 Å². The van der Waals surface area contributed by atoms with Crippen molar-refractivity contribution in [1.29, 1.82) is 0 Å². The lowest BCUT2D eigenvalue weighted by Crippen LogP contribution is -2.38. The lowest BCUT2D eigenvalue weighted by atomic mass is 10.2. The second kappa shape index (κ2) is 2.14. The lowest BCUT2D eigenvalue weighted by molar-refractivity contribution is -0.154. The number of nitrogens with one attached hydrogen (secondary N) is 1. The van der Waals surface area contributed by atoms with Gasteiger partial charge in [-0.15, -0.1) is 0 Å². The average molecular weight is 153 g/mol. The molecule has 0 saturated carbocycles. The van der Waals surface area contributed by atoms with E-state index in [4.69, 9.17) is 0 Å². The van der Waals surface area contributed by atoms with Gasteiger partial charge in [-0.3, -0.25) is 4.79 Å². The van der Waals surface area contributed by atoms with Gasteiger partial charge in [-0.2, -0.15) is 13.2 Å². The van der Waals surface area contributed by atoms with Crippen molar-refractivity contribution in [2.75, 3.05) is 0 Å². The van der Waals surface area contributed by atoms with E-state index >= 15 is 0 Å². The van der Waals surface area contributed by atoms with E-state index in [-0.39, 0.29) is 12.8 Å². The summed E-state index contributed by atoms with van der Waals surface area (Å²) in [4.78, 5) is 10.3. The Morgan fingerprint density at radius 3 is 2.30 bits per heavy atom. The van der Waals surface area contributed by atoms with Crippen LogP contribution in [0.15, 0.2) is 0 Å². The van der Waals surface area contributed by atoms with Gasteiger partial charge < -0.3 is 5.32 Å². The zero-order valence-corrected chi connectivity index (χ0v) is 5.03. The SMILES string of the molecule is O=C1CC[C@H](C(F)(F)F)N1. The Hall–Kier alpha value is -0.740. The molecule has 5 heteroatoms. The Balaban J connectivity index is 2.53. The van der Waals surface area contributed by atoms with Crippen LogP contribution in [0.3, 0.4) is 0 Å². The summed E-state index contributed by atoms with van der Waals surface area (Å²) in [6.07, 6.45) is -4.40. The summed E-state index contributed by atoms with van der Waals surface area (Å²) in [5, 5.41) is 1.83. The zero-order chi connectivity index (χ0) is 7.78. The molecule has 1 N–H and O–H groups in total. The van der Waals surface area contributed by atoms with Gasteiger partial charge in [0.2, 0.25) is 5.91 Å². The molecule has 1 saturated heterocycles. The first kappa shape index (κ1) is 7.37. The number of carbonyl (C=O) groups is 1. The number of hydrogen-bond acceptors (Lipinski definition) is 1. The van der Waals surface area contributed by atoms with Crippen molar-refractivity contribution in [3.05, 3.63) is 0 Å². The monoisotopic (exact) mass is 153 g/mol. The largest absolute Gasteiger partial charge is 0.408 e. The van der Waals surface area contributed by atoms with Crippen LogP contribution in [0, 0.1) is 0 Å². The molecule has 1 aliphatic heterocycles. The van der Waals surface area contributed by atoms with Crippen molar-refractivity contribution >= 4 is 5.91 Å². The summed E-state index contributed by atoms with van der Waals surface area (Å²) in [6, 6.07) is -1.61. The van der Waals surface area contributed by atoms with E-state index in [0.717, 1.165) is 0 Å². The number of amides is 1. The topological polar surface area (TPSA) is 29.1 Å². The van der Waals surface area contributed by atoms with E-state index in [1.54, 1.807) is 0 Å². The van der Waals surface area contributed by atoms with Crippen molar-refractivity contribution in [2.24, 2.45) is 0 Å². The first-order chi connectivity index (χ1) is 4.50. The average Bonchev–Trinajstić information content (AvgIpc) is 2.11. The van der Waals surface area contributed by atoms with Crippen LogP contribution in [-0.4, -0.2) is 18.1 Å². The molecule has 0 unspecified atom stereocenters. The first-order valence-electron chi connectivity index (χ1n) is 2.86. The molecule has 0 bridgehead atoms. The van der Waals surface area contributed by atoms with Crippen LogP contribution < -0.4 is 5.32 Å². The zero-order valence-electron chi connectivity index (χ0n) is 5.03. The maximum absolute atomic E-state index is 11.7. The van der Waals surface area contributed by atoms with E-state index in [2.05, 4.69) is 0 Å². The summed E-state index contributed by atoms with van der Waals surface area (Å²) in [7, 11) is 0. The highest BCUT2D eigenvalue weighted by Crippen LogP contribution is 2.26. The Bertz CT molecular complexity index is 153. The van der Waals surface area contributed by atoms with E-state index in [1.165, 1.54) is 0 Å². The molecule has 1 amide bonds. The normalized spacial score (nSPS) is 26.7. The quantitative estimate of drug-likeness (QED) is 0.548. The molecule has 0 spiro atoms. The van der Waals surface area contributed by atoms with E-state index in [0.29, 0.717) is 0 Å². The molecule has 2 nitrogen and oxygen atoms in total. The molecule has 0 aromatic heterocycles. The number of carbonyl (C=O) groups excluding carboxylic acids is 1. The second-order valence-electron chi connectivity index (χ2n) is 2.20. The summed E-state index contributed by atoms with van der Waals surface area (Å²) in [5.74, 6) is -0.512. The molecule has 58 valence electrons. The van der Waals surface area contributed by atoms with Crippen molar-refractivity contribution < 1.29 is 18.0 Å². The molecule has 1 heterocycles. The highest BCUT2D eigenvalue weighted by Gasteiger charge is 2.43. The minimum absolute atomic E-state index is 0.00975. The van der Waals surface area contributed by atoms with Gasteiger partial charge in [-0.1, -0.05) is 0 Å². The Morgan fingerprint density at radius 2 is 2.10 bits per heavy atom. The molecule has 1 atom stereocenters. The van der Waals surface area contributed by atoms with Crippen LogP contribution in [-0.2, 0) is 4.79 Å². The van der Waals surface area contributed by atoms with E-state index in [9.17, 15) is 18.0 Å². The van der Waals surface area contributed by atoms with Crippen molar-refractivity contribution in [3.8, 4) is 0 Å². The predicted octanol–water partition coefficient (Wildman–Crippen LogP) is 0.827. The van der Waals surface area contributed by atoms with Gasteiger partial charge in [0.25, 0.3) is 0 Å². The molecule has 0 aliphatic carbocycles. The summed E-state index contributed by atoms with van der Waals surface area (Å²) in [6.45, 7) is 0. The molecule has 1 aliphatic rings. The standard InChI is InChI=1S/C5H6F3NO/c6-5(7,8)3-1-2-4(10)9-3/h3H,1-2H2,(H,9,10)/t3-/m1/s1. The van der Waals surface area contributed by atoms with Crippen molar-refractivity contribution in [2.45, 2.75) is 25.1 Å². The summed E-state index contributed by atoms with van der Waals surface area (Å²) < 4.78 is 35.2. The Morgan fingerprint density at radius 1 is 1.50 bits per heavy atom. The third-order valence-corrected chi connectivity index (χ3v) is 1.39. The fraction of sp³-hybridized carbons (Fsp3) is 0.800. The maximum Gasteiger partial charge on any atom is 0.408 e. The fourth-order valence-electron chi connectivity index (χ4n) is 0.860. The van der Waals surface area contributed by atoms with Crippen LogP contribution in [0.25, 0.3) is 0 Å². The van der Waals surface area contributed by atoms with Gasteiger partial charge in [0, 0.05) is 6.42 Å². The van der Waals surface area contributed by atoms with Gasteiger partial charge in [0.1, 0.15) is 6.04 Å². The van der Waals surface area contributed by atoms with Crippen LogP contribution in [0.2, 0.25) is 0 Å². The predicted molar refractivity (Wildman–Crippen MR) is 27.2 cm³/mol. The maximum atomic E-state index is 11.7. The molecular weight excluding hydrogens is 147 g/mol. The number of rotatable bonds is 0. The smallest absolute Gasteiger partial charge is 0.344 e. The molecule has 10 heavy (non-hydrogen) atoms. The van der Waals surface area contributed by atoms with Gasteiger partial charge in [-0.25, -0.2) is 0 Å².